The minimum atomic E-state index is -2.52. The van der Waals surface area contributed by atoms with Crippen LogP contribution in [0.15, 0.2) is 23.8 Å². The van der Waals surface area contributed by atoms with E-state index in [-0.39, 0.29) is 0 Å². The maximum atomic E-state index is 11.4. The molecule has 0 aromatic rings. The molecule has 0 spiro atoms. The third-order valence-corrected chi connectivity index (χ3v) is 0.862. The summed E-state index contributed by atoms with van der Waals surface area (Å²) in [5.74, 6) is -2.40. The molecule has 0 amide bonds. The van der Waals surface area contributed by atoms with E-state index in [4.69, 9.17) is 0 Å². The van der Waals surface area contributed by atoms with Gasteiger partial charge in [0.1, 0.15) is 19.2 Å². The van der Waals surface area contributed by atoms with Gasteiger partial charge in [0.15, 0.2) is 5.83 Å². The van der Waals surface area contributed by atoms with Gasteiger partial charge in [-0.1, -0.05) is 6.08 Å². The molecule has 0 aromatic carbocycles. The van der Waals surface area contributed by atoms with Crippen molar-refractivity contribution >= 4 is 0 Å². The highest BCUT2D eigenvalue weighted by molar-refractivity contribution is 4.95. The van der Waals surface area contributed by atoms with Crippen LogP contribution in [0, 0.1) is 0 Å². The Bertz CT molecular complexity index is 180. The van der Waals surface area contributed by atoms with E-state index in [1.165, 1.54) is 0 Å². The zero-order valence-electron chi connectivity index (χ0n) is 7.41. The Hall–Kier alpha value is -0.940. The molecule has 0 aliphatic heterocycles. The second kappa shape index (κ2) is 10.1. The van der Waals surface area contributed by atoms with E-state index in [0.717, 1.165) is 13.0 Å². The van der Waals surface area contributed by atoms with Gasteiger partial charge in [-0.05, 0) is 13.0 Å². The zero-order chi connectivity index (χ0) is 11.6. The van der Waals surface area contributed by atoms with Crippen LogP contribution in [-0.4, -0.2) is 19.8 Å². The van der Waals surface area contributed by atoms with Crippen LogP contribution >= 0.6 is 0 Å². The molecule has 0 unspecified atom stereocenters. The highest BCUT2D eigenvalue weighted by atomic mass is 19.3. The Morgan fingerprint density at radius 1 is 1.21 bits per heavy atom. The molecule has 0 saturated carbocycles. The summed E-state index contributed by atoms with van der Waals surface area (Å²) in [6.45, 7) is -1.29. The molecule has 0 nitrogen and oxygen atoms in total. The van der Waals surface area contributed by atoms with Crippen LogP contribution in [0.2, 0.25) is 0 Å². The Morgan fingerprint density at radius 3 is 1.79 bits per heavy atom. The van der Waals surface area contributed by atoms with Crippen LogP contribution in [0.4, 0.5) is 26.3 Å². The zero-order valence-corrected chi connectivity index (χ0v) is 7.41. The number of hydrogen-bond acceptors (Lipinski definition) is 0. The van der Waals surface area contributed by atoms with Crippen LogP contribution in [0.3, 0.4) is 0 Å². The molecular weight excluding hydrogens is 210 g/mol. The molecule has 0 aromatic heterocycles. The van der Waals surface area contributed by atoms with Crippen molar-refractivity contribution < 1.29 is 26.3 Å². The Morgan fingerprint density at radius 2 is 1.71 bits per heavy atom. The summed E-state index contributed by atoms with van der Waals surface area (Å²) in [6.07, 6.45) is -1.22. The van der Waals surface area contributed by atoms with E-state index in [9.17, 15) is 26.3 Å². The lowest BCUT2D eigenvalue weighted by molar-refractivity contribution is 0.203. The maximum Gasteiger partial charge on any atom is 0.257 e. The summed E-state index contributed by atoms with van der Waals surface area (Å²) < 4.78 is 66.6. The van der Waals surface area contributed by atoms with Gasteiger partial charge in [-0.2, -0.15) is 0 Å². The van der Waals surface area contributed by atoms with Crippen LogP contribution < -0.4 is 0 Å². The molecule has 0 rings (SSSR count). The van der Waals surface area contributed by atoms with Crippen molar-refractivity contribution in [3.8, 4) is 0 Å². The van der Waals surface area contributed by atoms with Crippen LogP contribution in [-0.2, 0) is 0 Å². The summed E-state index contributed by atoms with van der Waals surface area (Å²) >= 11 is 0. The molecule has 0 heterocycles. The molecule has 6 heteroatoms. The predicted molar refractivity (Wildman–Crippen MR) is 42.0 cm³/mol. The average Bonchev–Trinajstić information content (AvgIpc) is 2.14. The maximum absolute atomic E-state index is 11.4. The third kappa shape index (κ3) is 13.6. The van der Waals surface area contributed by atoms with Gasteiger partial charge >= 0.3 is 0 Å². The highest BCUT2D eigenvalue weighted by Crippen LogP contribution is 2.05. The quantitative estimate of drug-likeness (QED) is 0.499. The Labute approximate surface area is 77.9 Å². The van der Waals surface area contributed by atoms with E-state index >= 15 is 0 Å². The number of halogens is 6. The lowest BCUT2D eigenvalue weighted by Crippen LogP contribution is -1.79. The summed E-state index contributed by atoms with van der Waals surface area (Å²) in [7, 11) is 0. The Kier molecular flexibility index (Phi) is 11.3. The molecule has 0 radical (unpaired) electrons. The van der Waals surface area contributed by atoms with Gasteiger partial charge in [-0.3, -0.25) is 0 Å². The van der Waals surface area contributed by atoms with E-state index in [1.54, 1.807) is 0 Å². The van der Waals surface area contributed by atoms with Crippen molar-refractivity contribution in [2.24, 2.45) is 0 Å². The topological polar surface area (TPSA) is 0 Å². The second-order valence-electron chi connectivity index (χ2n) is 1.99. The molecule has 0 fully saturated rings. The first-order valence-electron chi connectivity index (χ1n) is 3.53. The molecular formula is C8H10F6. The van der Waals surface area contributed by atoms with Crippen molar-refractivity contribution in [1.82, 2.24) is 0 Å². The fraction of sp³-hybridized carbons (Fsp3) is 0.500. The first-order chi connectivity index (χ1) is 6.45. The molecule has 0 atom stereocenters. The lowest BCUT2D eigenvalue weighted by atomic mass is 10.5. The summed E-state index contributed by atoms with van der Waals surface area (Å²) in [6, 6.07) is 0. The number of alkyl halides is 4. The van der Waals surface area contributed by atoms with Crippen molar-refractivity contribution in [3.05, 3.63) is 23.8 Å². The predicted octanol–water partition coefficient (Wildman–Crippen LogP) is 3.90. The lowest BCUT2D eigenvalue weighted by Gasteiger charge is -1.83. The van der Waals surface area contributed by atoms with Crippen LogP contribution in [0.25, 0.3) is 0 Å². The first kappa shape index (κ1) is 15.5. The van der Waals surface area contributed by atoms with Crippen molar-refractivity contribution in [2.45, 2.75) is 13.3 Å². The van der Waals surface area contributed by atoms with Gasteiger partial charge < -0.3 is 0 Å². The standard InChI is InChI=1S/2C4H5F3/c1-3(6)4(7)2-5;5-3-1-2-4(6)7/h2H2,1H3;1-2,4H,3H2. The van der Waals surface area contributed by atoms with Crippen molar-refractivity contribution in [2.75, 3.05) is 13.3 Å². The van der Waals surface area contributed by atoms with Gasteiger partial charge in [-0.25, -0.2) is 26.3 Å². The minimum absolute atomic E-state index is 0.514. The van der Waals surface area contributed by atoms with Gasteiger partial charge in [0.05, 0.1) is 0 Å². The summed E-state index contributed by atoms with van der Waals surface area (Å²) in [4.78, 5) is 0. The van der Waals surface area contributed by atoms with Gasteiger partial charge in [0.25, 0.3) is 6.43 Å². The average molecular weight is 220 g/mol. The molecule has 0 N–H and O–H groups in total. The largest absolute Gasteiger partial charge is 0.257 e. The SMILES string of the molecule is CC(F)=C(F)CF.FCC=CC(F)F. The highest BCUT2D eigenvalue weighted by Gasteiger charge is 1.96. The number of allylic oxidation sites excluding steroid dienone is 4. The smallest absolute Gasteiger partial charge is 0.247 e. The molecule has 0 saturated heterocycles. The normalized spacial score (nSPS) is 12.6. The molecule has 0 aliphatic rings. The van der Waals surface area contributed by atoms with E-state index < -0.39 is 31.4 Å². The van der Waals surface area contributed by atoms with Crippen LogP contribution in [0.1, 0.15) is 6.92 Å². The molecule has 14 heavy (non-hydrogen) atoms. The molecule has 84 valence electrons. The van der Waals surface area contributed by atoms with Crippen molar-refractivity contribution in [1.29, 1.82) is 0 Å². The fourth-order valence-corrected chi connectivity index (χ4v) is 0.246. The summed E-state index contributed by atoms with van der Waals surface area (Å²) in [5.41, 5.74) is 0. The van der Waals surface area contributed by atoms with Gasteiger partial charge in [0, 0.05) is 0 Å². The summed E-state index contributed by atoms with van der Waals surface area (Å²) in [5, 5.41) is 0. The van der Waals surface area contributed by atoms with E-state index in [1.807, 2.05) is 0 Å². The molecule has 0 bridgehead atoms. The van der Waals surface area contributed by atoms with Crippen molar-refractivity contribution in [3.63, 3.8) is 0 Å². The fourth-order valence-electron chi connectivity index (χ4n) is 0.246. The Balaban J connectivity index is 0. The number of hydrogen-bond donors (Lipinski definition) is 0. The molecule has 0 aliphatic carbocycles. The third-order valence-electron chi connectivity index (χ3n) is 0.862. The minimum Gasteiger partial charge on any atom is -0.247 e. The first-order valence-corrected chi connectivity index (χ1v) is 3.53. The van der Waals surface area contributed by atoms with E-state index in [2.05, 4.69) is 0 Å². The van der Waals surface area contributed by atoms with Crippen LogP contribution in [0.5, 0.6) is 0 Å². The monoisotopic (exact) mass is 220 g/mol. The number of rotatable bonds is 3. The van der Waals surface area contributed by atoms with Gasteiger partial charge in [-0.15, -0.1) is 0 Å². The second-order valence-corrected chi connectivity index (χ2v) is 1.99. The van der Waals surface area contributed by atoms with E-state index in [0.29, 0.717) is 6.08 Å². The van der Waals surface area contributed by atoms with Gasteiger partial charge in [0.2, 0.25) is 0 Å².